The number of benzene rings is 2. The average Bonchev–Trinajstić information content (AvgIpc) is 2.99. The summed E-state index contributed by atoms with van der Waals surface area (Å²) in [7, 11) is 1.45. The van der Waals surface area contributed by atoms with Gasteiger partial charge in [0, 0.05) is 23.9 Å². The van der Waals surface area contributed by atoms with E-state index in [1.54, 1.807) is 36.4 Å². The predicted octanol–water partition coefficient (Wildman–Crippen LogP) is 1.56. The number of ether oxygens (including phenoxy) is 1. The van der Waals surface area contributed by atoms with Gasteiger partial charge >= 0.3 is 12.0 Å². The van der Waals surface area contributed by atoms with Gasteiger partial charge in [-0.25, -0.2) is 4.79 Å². The molecule has 0 bridgehead atoms. The van der Waals surface area contributed by atoms with Crippen molar-refractivity contribution in [2.45, 2.75) is 0 Å². The van der Waals surface area contributed by atoms with Crippen LogP contribution in [0.4, 0.5) is 10.5 Å². The first-order valence-corrected chi connectivity index (χ1v) is 9.06. The minimum absolute atomic E-state index is 0.0990. The minimum Gasteiger partial charge on any atom is -0.456 e. The van der Waals surface area contributed by atoms with E-state index in [0.29, 0.717) is 11.3 Å². The first-order valence-electron chi connectivity index (χ1n) is 9.06. The van der Waals surface area contributed by atoms with Crippen molar-refractivity contribution in [2.75, 3.05) is 32.1 Å². The summed E-state index contributed by atoms with van der Waals surface area (Å²) in [4.78, 5) is 61.5. The second kappa shape index (κ2) is 8.99. The van der Waals surface area contributed by atoms with Crippen LogP contribution in [0.5, 0.6) is 0 Å². The topological polar surface area (TPSA) is 113 Å². The van der Waals surface area contributed by atoms with Crippen LogP contribution < -0.4 is 5.32 Å². The number of carbonyl (C=O) groups is 5. The van der Waals surface area contributed by atoms with Gasteiger partial charge in [-0.3, -0.25) is 24.1 Å². The summed E-state index contributed by atoms with van der Waals surface area (Å²) in [5, 5.41) is 2.72. The molecule has 30 heavy (non-hydrogen) atoms. The summed E-state index contributed by atoms with van der Waals surface area (Å²) in [6.45, 7) is -1.17. The summed E-state index contributed by atoms with van der Waals surface area (Å²) in [5.74, 6) is -2.09. The highest BCUT2D eigenvalue weighted by molar-refractivity contribution is 6.05. The summed E-state index contributed by atoms with van der Waals surface area (Å²) >= 11 is 0. The van der Waals surface area contributed by atoms with Gasteiger partial charge in [0.05, 0.1) is 0 Å². The monoisotopic (exact) mass is 409 g/mol. The smallest absolute Gasteiger partial charge is 0.327 e. The van der Waals surface area contributed by atoms with Gasteiger partial charge in [0.2, 0.25) is 0 Å². The van der Waals surface area contributed by atoms with Gasteiger partial charge in [0.15, 0.2) is 12.4 Å². The van der Waals surface area contributed by atoms with E-state index in [-0.39, 0.29) is 18.0 Å². The van der Waals surface area contributed by atoms with E-state index in [4.69, 9.17) is 4.74 Å². The van der Waals surface area contributed by atoms with Crippen molar-refractivity contribution in [1.82, 2.24) is 9.80 Å². The summed E-state index contributed by atoms with van der Waals surface area (Å²) in [6.07, 6.45) is 0. The molecule has 1 heterocycles. The van der Waals surface area contributed by atoms with E-state index in [1.807, 2.05) is 6.07 Å². The lowest BCUT2D eigenvalue weighted by Crippen LogP contribution is -2.37. The number of nitrogens with zero attached hydrogens (tertiary/aromatic N) is 2. The fraction of sp³-hybridized carbons (Fsp3) is 0.190. The number of amides is 4. The minimum atomic E-state index is -0.855. The number of esters is 1. The van der Waals surface area contributed by atoms with Crippen molar-refractivity contribution in [3.63, 3.8) is 0 Å². The number of carbonyl (C=O) groups excluding carboxylic acids is 5. The van der Waals surface area contributed by atoms with Crippen molar-refractivity contribution >= 4 is 35.3 Å². The van der Waals surface area contributed by atoms with Gasteiger partial charge in [0.25, 0.3) is 11.8 Å². The van der Waals surface area contributed by atoms with E-state index < -0.39 is 36.8 Å². The zero-order chi connectivity index (χ0) is 21.7. The molecule has 3 rings (SSSR count). The molecule has 0 aliphatic carbocycles. The Morgan fingerprint density at radius 2 is 1.63 bits per heavy atom. The van der Waals surface area contributed by atoms with E-state index in [2.05, 4.69) is 5.32 Å². The van der Waals surface area contributed by atoms with Gasteiger partial charge in [-0.2, -0.15) is 0 Å². The maximum atomic E-state index is 12.2. The number of likely N-dealkylation sites (N-methyl/N-ethyl adjacent to an activating group) is 1. The summed E-state index contributed by atoms with van der Waals surface area (Å²) < 4.78 is 4.88. The van der Waals surface area contributed by atoms with Gasteiger partial charge in [-0.1, -0.05) is 18.2 Å². The summed E-state index contributed by atoms with van der Waals surface area (Å²) in [5.41, 5.74) is 1.30. The number of anilines is 1. The molecule has 1 fully saturated rings. The van der Waals surface area contributed by atoms with Crippen molar-refractivity contribution < 1.29 is 28.7 Å². The van der Waals surface area contributed by atoms with Crippen molar-refractivity contribution in [3.05, 3.63) is 65.7 Å². The third-order valence-corrected chi connectivity index (χ3v) is 4.38. The number of imide groups is 1. The number of nitrogens with one attached hydrogen (secondary N) is 1. The lowest BCUT2D eigenvalue weighted by Gasteiger charge is -2.13. The molecule has 0 atom stereocenters. The molecule has 0 spiro atoms. The van der Waals surface area contributed by atoms with Crippen LogP contribution in [0, 0.1) is 0 Å². The number of hydrogen-bond acceptors (Lipinski definition) is 6. The van der Waals surface area contributed by atoms with E-state index in [0.717, 1.165) is 4.90 Å². The SMILES string of the molecule is CN1CC(=O)N(CC(=O)OCC(=O)c2ccc(NC(=O)c3ccccc3)cc2)C1=O. The first kappa shape index (κ1) is 20.7. The summed E-state index contributed by atoms with van der Waals surface area (Å²) in [6, 6.07) is 14.2. The third-order valence-electron chi connectivity index (χ3n) is 4.38. The maximum Gasteiger partial charge on any atom is 0.327 e. The molecular weight excluding hydrogens is 390 g/mol. The molecule has 2 aromatic rings. The van der Waals surface area contributed by atoms with Crippen LogP contribution in [0.1, 0.15) is 20.7 Å². The Kier molecular flexibility index (Phi) is 6.21. The molecule has 0 unspecified atom stereocenters. The quantitative estimate of drug-likeness (QED) is 0.422. The van der Waals surface area contributed by atoms with Crippen LogP contribution in [-0.2, 0) is 14.3 Å². The van der Waals surface area contributed by atoms with E-state index in [9.17, 15) is 24.0 Å². The van der Waals surface area contributed by atoms with Crippen LogP contribution in [0.2, 0.25) is 0 Å². The molecule has 1 aliphatic heterocycles. The Morgan fingerprint density at radius 3 is 2.23 bits per heavy atom. The van der Waals surface area contributed by atoms with Crippen LogP contribution in [0.15, 0.2) is 54.6 Å². The molecule has 2 aromatic carbocycles. The number of rotatable bonds is 7. The molecule has 0 radical (unpaired) electrons. The Bertz CT molecular complexity index is 988. The molecule has 1 aliphatic rings. The normalized spacial score (nSPS) is 13.4. The molecule has 4 amide bonds. The molecule has 0 saturated carbocycles. The molecule has 0 aromatic heterocycles. The average molecular weight is 409 g/mol. The largest absolute Gasteiger partial charge is 0.456 e. The molecule has 1 N–H and O–H groups in total. The van der Waals surface area contributed by atoms with Gasteiger partial charge in [-0.05, 0) is 36.4 Å². The zero-order valence-electron chi connectivity index (χ0n) is 16.2. The highest BCUT2D eigenvalue weighted by Gasteiger charge is 2.35. The van der Waals surface area contributed by atoms with E-state index >= 15 is 0 Å². The van der Waals surface area contributed by atoms with Crippen LogP contribution >= 0.6 is 0 Å². The maximum absolute atomic E-state index is 12.2. The number of Topliss-reactive ketones (excluding diaryl/α,β-unsaturated/α-hetero) is 1. The molecule has 9 heteroatoms. The van der Waals surface area contributed by atoms with Gasteiger partial charge < -0.3 is 15.0 Å². The van der Waals surface area contributed by atoms with Crippen molar-refractivity contribution in [3.8, 4) is 0 Å². The Labute approximate surface area is 172 Å². The van der Waals surface area contributed by atoms with Crippen LogP contribution in [0.25, 0.3) is 0 Å². The predicted molar refractivity (Wildman–Crippen MR) is 106 cm³/mol. The second-order valence-corrected chi connectivity index (χ2v) is 6.60. The Morgan fingerprint density at radius 1 is 0.967 bits per heavy atom. The fourth-order valence-corrected chi connectivity index (χ4v) is 2.76. The Hall–Kier alpha value is -4.01. The third kappa shape index (κ3) is 4.88. The highest BCUT2D eigenvalue weighted by atomic mass is 16.5. The fourth-order valence-electron chi connectivity index (χ4n) is 2.76. The highest BCUT2D eigenvalue weighted by Crippen LogP contribution is 2.13. The van der Waals surface area contributed by atoms with Crippen molar-refractivity contribution in [1.29, 1.82) is 0 Å². The van der Waals surface area contributed by atoms with Crippen LogP contribution in [0.3, 0.4) is 0 Å². The van der Waals surface area contributed by atoms with Gasteiger partial charge in [0.1, 0.15) is 13.1 Å². The van der Waals surface area contributed by atoms with Crippen LogP contribution in [-0.4, -0.2) is 66.1 Å². The lowest BCUT2D eigenvalue weighted by molar-refractivity contribution is -0.145. The number of urea groups is 1. The molecule has 154 valence electrons. The van der Waals surface area contributed by atoms with E-state index in [1.165, 1.54) is 24.1 Å². The Balaban J connectivity index is 1.50. The molecule has 1 saturated heterocycles. The molecule has 9 nitrogen and oxygen atoms in total. The van der Waals surface area contributed by atoms with Crippen molar-refractivity contribution in [2.24, 2.45) is 0 Å². The second-order valence-electron chi connectivity index (χ2n) is 6.60. The zero-order valence-corrected chi connectivity index (χ0v) is 16.2. The number of ketones is 1. The first-order chi connectivity index (χ1) is 14.3. The standard InChI is InChI=1S/C21H19N3O6/c1-23-11-18(26)24(21(23)29)12-19(27)30-13-17(25)14-7-9-16(10-8-14)22-20(28)15-5-3-2-4-6-15/h2-10H,11-13H2,1H3,(H,22,28). The van der Waals surface area contributed by atoms with Gasteiger partial charge in [-0.15, -0.1) is 0 Å². The number of hydrogen-bond donors (Lipinski definition) is 1. The molecular formula is C21H19N3O6. The lowest BCUT2D eigenvalue weighted by atomic mass is 10.1.